The second-order valence-corrected chi connectivity index (χ2v) is 7.99. The molecule has 0 unspecified atom stereocenters. The van der Waals surface area contributed by atoms with E-state index < -0.39 is 10.8 Å². The Bertz CT molecular complexity index is 1070. The van der Waals surface area contributed by atoms with Crippen LogP contribution in [-0.2, 0) is 4.79 Å². The molecule has 0 bridgehead atoms. The molecule has 0 aliphatic heterocycles. The molecule has 148 valence electrons. The number of thioether (sulfide) groups is 1. The number of anilines is 2. The van der Waals surface area contributed by atoms with E-state index in [1.54, 1.807) is 0 Å². The third-order valence-corrected chi connectivity index (χ3v) is 5.66. The van der Waals surface area contributed by atoms with Gasteiger partial charge in [-0.1, -0.05) is 47.4 Å². The number of nitro benzene ring substituents is 1. The van der Waals surface area contributed by atoms with E-state index in [2.05, 4.69) is 20.8 Å². The zero-order chi connectivity index (χ0) is 20.8. The van der Waals surface area contributed by atoms with Crippen molar-refractivity contribution in [2.45, 2.75) is 11.3 Å². The number of nitro groups is 1. The largest absolute Gasteiger partial charge is 0.325 e. The van der Waals surface area contributed by atoms with Crippen molar-refractivity contribution in [3.05, 3.63) is 69.8 Å². The molecule has 2 aromatic carbocycles. The maximum absolute atomic E-state index is 12.2. The van der Waals surface area contributed by atoms with Gasteiger partial charge in [-0.05, 0) is 24.6 Å². The number of carbonyl (C=O) groups is 2. The summed E-state index contributed by atoms with van der Waals surface area (Å²) in [5.74, 6) is -0.567. The van der Waals surface area contributed by atoms with Crippen LogP contribution in [-0.4, -0.2) is 32.7 Å². The van der Waals surface area contributed by atoms with Crippen molar-refractivity contribution in [1.82, 2.24) is 10.2 Å². The minimum absolute atomic E-state index is 0.140. The average Bonchev–Trinajstić information content (AvgIpc) is 3.15. The van der Waals surface area contributed by atoms with Crippen LogP contribution in [0.25, 0.3) is 0 Å². The van der Waals surface area contributed by atoms with E-state index in [9.17, 15) is 19.7 Å². The molecule has 9 nitrogen and oxygen atoms in total. The summed E-state index contributed by atoms with van der Waals surface area (Å²) in [5, 5.41) is 24.2. The van der Waals surface area contributed by atoms with Crippen LogP contribution in [0.5, 0.6) is 0 Å². The Morgan fingerprint density at radius 3 is 2.69 bits per heavy atom. The Balaban J connectivity index is 1.55. The third-order valence-electron chi connectivity index (χ3n) is 3.69. The molecule has 3 aromatic rings. The summed E-state index contributed by atoms with van der Waals surface area (Å²) in [6.45, 7) is 1.91. The molecule has 0 saturated carbocycles. The first kappa shape index (κ1) is 20.4. The first-order valence-electron chi connectivity index (χ1n) is 8.30. The highest BCUT2D eigenvalue weighted by Crippen LogP contribution is 2.26. The normalized spacial score (nSPS) is 10.4. The van der Waals surface area contributed by atoms with Crippen LogP contribution < -0.4 is 10.6 Å². The van der Waals surface area contributed by atoms with Gasteiger partial charge in [0.25, 0.3) is 11.6 Å². The molecule has 11 heteroatoms. The monoisotopic (exact) mass is 429 g/mol. The molecule has 0 radical (unpaired) electrons. The summed E-state index contributed by atoms with van der Waals surface area (Å²) in [6, 6.07) is 12.9. The number of hydrogen-bond donors (Lipinski definition) is 2. The highest BCUT2D eigenvalue weighted by atomic mass is 32.2. The Morgan fingerprint density at radius 1 is 1.14 bits per heavy atom. The third kappa shape index (κ3) is 5.59. The Kier molecular flexibility index (Phi) is 6.52. The number of aromatic nitrogens is 2. The summed E-state index contributed by atoms with van der Waals surface area (Å²) in [6.07, 6.45) is 0. The van der Waals surface area contributed by atoms with Crippen LogP contribution in [0.15, 0.2) is 52.9 Å². The van der Waals surface area contributed by atoms with Crippen LogP contribution in [0.4, 0.5) is 16.5 Å². The van der Waals surface area contributed by atoms with Crippen molar-refractivity contribution in [2.24, 2.45) is 0 Å². The molecule has 3 rings (SSSR count). The number of nitrogens with one attached hydrogen (secondary N) is 2. The van der Waals surface area contributed by atoms with Crippen molar-refractivity contribution in [1.29, 1.82) is 0 Å². The molecule has 2 N–H and O–H groups in total. The number of hydrogen-bond acceptors (Lipinski definition) is 8. The van der Waals surface area contributed by atoms with Crippen molar-refractivity contribution in [3.63, 3.8) is 0 Å². The van der Waals surface area contributed by atoms with Gasteiger partial charge in [-0.15, -0.1) is 10.2 Å². The summed E-state index contributed by atoms with van der Waals surface area (Å²) in [4.78, 5) is 34.6. The van der Waals surface area contributed by atoms with Gasteiger partial charge < -0.3 is 5.32 Å². The summed E-state index contributed by atoms with van der Waals surface area (Å²) < 4.78 is 0.513. The molecule has 0 fully saturated rings. The smallest absolute Gasteiger partial charge is 0.270 e. The lowest BCUT2D eigenvalue weighted by atomic mass is 10.2. The fourth-order valence-electron chi connectivity index (χ4n) is 2.28. The van der Waals surface area contributed by atoms with Crippen LogP contribution >= 0.6 is 23.1 Å². The van der Waals surface area contributed by atoms with E-state index in [1.807, 2.05) is 31.2 Å². The second-order valence-electron chi connectivity index (χ2n) is 5.79. The number of rotatable bonds is 7. The number of amides is 2. The minimum Gasteiger partial charge on any atom is -0.325 e. The van der Waals surface area contributed by atoms with Gasteiger partial charge in [-0.25, -0.2) is 0 Å². The molecular formula is C18H15N5O4S2. The lowest BCUT2D eigenvalue weighted by molar-refractivity contribution is -0.384. The van der Waals surface area contributed by atoms with E-state index in [0.29, 0.717) is 4.34 Å². The van der Waals surface area contributed by atoms with Crippen molar-refractivity contribution in [2.75, 3.05) is 16.4 Å². The SMILES string of the molecule is Cc1ccccc1NC(=O)CSc1nnc(NC(=O)c2cccc([N+](=O)[O-])c2)s1. The standard InChI is InChI=1S/C18H15N5O4S2/c1-11-5-2-3-8-14(11)19-15(24)10-28-18-22-21-17(29-18)20-16(25)12-6-4-7-13(9-12)23(26)27/h2-9H,10H2,1H3,(H,19,24)(H,20,21,25). The lowest BCUT2D eigenvalue weighted by Gasteiger charge is -2.06. The molecule has 0 spiro atoms. The van der Waals surface area contributed by atoms with Crippen LogP contribution in [0.3, 0.4) is 0 Å². The highest BCUT2D eigenvalue weighted by molar-refractivity contribution is 8.01. The van der Waals surface area contributed by atoms with Gasteiger partial charge in [0, 0.05) is 23.4 Å². The predicted octanol–water partition coefficient (Wildman–Crippen LogP) is 3.74. The van der Waals surface area contributed by atoms with Crippen LogP contribution in [0.1, 0.15) is 15.9 Å². The van der Waals surface area contributed by atoms with Crippen molar-refractivity contribution >= 4 is 51.4 Å². The lowest BCUT2D eigenvalue weighted by Crippen LogP contribution is -2.14. The molecule has 0 aliphatic carbocycles. The number of para-hydroxylation sites is 1. The first-order valence-corrected chi connectivity index (χ1v) is 10.1. The quantitative estimate of drug-likeness (QED) is 0.253. The molecule has 1 aromatic heterocycles. The minimum atomic E-state index is -0.571. The van der Waals surface area contributed by atoms with Gasteiger partial charge in [0.05, 0.1) is 10.7 Å². The Morgan fingerprint density at radius 2 is 1.93 bits per heavy atom. The molecule has 1 heterocycles. The molecular weight excluding hydrogens is 414 g/mol. The first-order chi connectivity index (χ1) is 13.9. The molecule has 2 amide bonds. The maximum Gasteiger partial charge on any atom is 0.270 e. The maximum atomic E-state index is 12.2. The predicted molar refractivity (Wildman–Crippen MR) is 111 cm³/mol. The zero-order valence-corrected chi connectivity index (χ0v) is 16.8. The van der Waals surface area contributed by atoms with E-state index in [1.165, 1.54) is 36.0 Å². The molecule has 0 atom stereocenters. The highest BCUT2D eigenvalue weighted by Gasteiger charge is 2.14. The van der Waals surface area contributed by atoms with Crippen LogP contribution in [0.2, 0.25) is 0 Å². The Labute approximate surface area is 173 Å². The second kappa shape index (κ2) is 9.26. The van der Waals surface area contributed by atoms with Gasteiger partial charge in [-0.3, -0.25) is 25.0 Å². The fraction of sp³-hybridized carbons (Fsp3) is 0.111. The summed E-state index contributed by atoms with van der Waals surface area (Å²) in [7, 11) is 0. The van der Waals surface area contributed by atoms with E-state index in [0.717, 1.165) is 22.6 Å². The van der Waals surface area contributed by atoms with Gasteiger partial charge in [0.2, 0.25) is 11.0 Å². The van der Waals surface area contributed by atoms with Gasteiger partial charge in [-0.2, -0.15) is 0 Å². The van der Waals surface area contributed by atoms with E-state index in [-0.39, 0.29) is 28.0 Å². The topological polar surface area (TPSA) is 127 Å². The molecule has 0 aliphatic rings. The van der Waals surface area contributed by atoms with Crippen LogP contribution in [0, 0.1) is 17.0 Å². The number of aryl methyl sites for hydroxylation is 1. The van der Waals surface area contributed by atoms with Crippen molar-refractivity contribution in [3.8, 4) is 0 Å². The number of carbonyl (C=O) groups excluding carboxylic acids is 2. The average molecular weight is 429 g/mol. The number of non-ortho nitro benzene ring substituents is 1. The van der Waals surface area contributed by atoms with E-state index in [4.69, 9.17) is 0 Å². The fourth-order valence-corrected chi connectivity index (χ4v) is 3.82. The molecule has 0 saturated heterocycles. The molecule has 29 heavy (non-hydrogen) atoms. The zero-order valence-electron chi connectivity index (χ0n) is 15.1. The van der Waals surface area contributed by atoms with Gasteiger partial charge in [0.15, 0.2) is 4.34 Å². The van der Waals surface area contributed by atoms with Crippen molar-refractivity contribution < 1.29 is 14.5 Å². The number of benzene rings is 2. The summed E-state index contributed by atoms with van der Waals surface area (Å²) in [5.41, 5.74) is 1.68. The summed E-state index contributed by atoms with van der Waals surface area (Å²) >= 11 is 2.31. The van der Waals surface area contributed by atoms with E-state index >= 15 is 0 Å². The Hall–Kier alpha value is -3.31. The number of nitrogens with zero attached hydrogens (tertiary/aromatic N) is 3. The van der Waals surface area contributed by atoms with Gasteiger partial charge in [0.1, 0.15) is 0 Å². The van der Waals surface area contributed by atoms with Gasteiger partial charge >= 0.3 is 0 Å².